The molecule has 1 aromatic heterocycles. The van der Waals surface area contributed by atoms with Gasteiger partial charge in [-0.05, 0) is 36.4 Å². The van der Waals surface area contributed by atoms with Crippen LogP contribution in [0.3, 0.4) is 0 Å². The first-order valence-electron chi connectivity index (χ1n) is 9.91. The fourth-order valence-electron chi connectivity index (χ4n) is 3.06. The summed E-state index contributed by atoms with van der Waals surface area (Å²) in [6, 6.07) is 14.6. The second-order valence-electron chi connectivity index (χ2n) is 7.09. The Labute approximate surface area is 199 Å². The number of ether oxygens (including phenoxy) is 2. The van der Waals surface area contributed by atoms with Gasteiger partial charge in [-0.2, -0.15) is 13.2 Å². The second kappa shape index (κ2) is 9.67. The van der Waals surface area contributed by atoms with Crippen molar-refractivity contribution >= 4 is 34.2 Å². The van der Waals surface area contributed by atoms with Gasteiger partial charge in [-0.15, -0.1) is 0 Å². The van der Waals surface area contributed by atoms with Crippen molar-refractivity contribution in [3.63, 3.8) is 0 Å². The molecule has 0 fully saturated rings. The fraction of sp³-hybridized carbons (Fsp3) is 0.0833. The lowest BCUT2D eigenvalue weighted by molar-refractivity contribution is -0.154. The number of benzene rings is 3. The topological polar surface area (TPSA) is 77.8 Å². The van der Waals surface area contributed by atoms with Crippen LogP contribution in [-0.4, -0.2) is 12.5 Å². The third-order valence-electron chi connectivity index (χ3n) is 4.65. The molecule has 0 unspecified atom stereocenters. The SMILES string of the molecule is O=C(COc1ccc2c(=O)c(Oc3ccccc3Cl)c(C(F)(F)F)oc2c1)Nc1ccccc1F. The summed E-state index contributed by atoms with van der Waals surface area (Å²) in [6.45, 7) is -0.579. The van der Waals surface area contributed by atoms with Crippen LogP contribution in [0.4, 0.5) is 23.2 Å². The van der Waals surface area contributed by atoms with Crippen LogP contribution in [0.2, 0.25) is 5.02 Å². The summed E-state index contributed by atoms with van der Waals surface area (Å²) >= 11 is 5.94. The first-order valence-corrected chi connectivity index (χ1v) is 10.3. The molecule has 0 spiro atoms. The van der Waals surface area contributed by atoms with Crippen LogP contribution >= 0.6 is 11.6 Å². The van der Waals surface area contributed by atoms with Crippen LogP contribution < -0.4 is 20.2 Å². The summed E-state index contributed by atoms with van der Waals surface area (Å²) in [5.41, 5.74) is -1.59. The highest BCUT2D eigenvalue weighted by Gasteiger charge is 2.40. The largest absolute Gasteiger partial charge is 0.484 e. The summed E-state index contributed by atoms with van der Waals surface area (Å²) in [6.07, 6.45) is -5.07. The zero-order valence-corrected chi connectivity index (χ0v) is 18.2. The quantitative estimate of drug-likeness (QED) is 0.305. The van der Waals surface area contributed by atoms with Gasteiger partial charge in [0.05, 0.1) is 16.1 Å². The molecular weight excluding hydrogens is 494 g/mol. The van der Waals surface area contributed by atoms with E-state index in [4.69, 9.17) is 25.5 Å². The van der Waals surface area contributed by atoms with Crippen molar-refractivity contribution < 1.29 is 36.2 Å². The highest BCUT2D eigenvalue weighted by atomic mass is 35.5. The van der Waals surface area contributed by atoms with Crippen LogP contribution in [0.1, 0.15) is 5.76 Å². The molecule has 0 saturated carbocycles. The fourth-order valence-corrected chi connectivity index (χ4v) is 3.24. The molecule has 0 aliphatic rings. The maximum Gasteiger partial charge on any atom is 0.453 e. The van der Waals surface area contributed by atoms with Crippen molar-refractivity contribution in [3.05, 3.63) is 93.6 Å². The Morgan fingerprint density at radius 2 is 1.74 bits per heavy atom. The van der Waals surface area contributed by atoms with Gasteiger partial charge in [0.1, 0.15) is 22.9 Å². The van der Waals surface area contributed by atoms with Gasteiger partial charge in [-0.3, -0.25) is 9.59 Å². The van der Waals surface area contributed by atoms with Gasteiger partial charge >= 0.3 is 6.18 Å². The Bertz CT molecular complexity index is 1470. The number of hydrogen-bond donors (Lipinski definition) is 1. The molecule has 0 radical (unpaired) electrons. The van der Waals surface area contributed by atoms with Gasteiger partial charge in [0.2, 0.25) is 11.2 Å². The first-order chi connectivity index (χ1) is 16.6. The smallest absolute Gasteiger partial charge is 0.453 e. The van der Waals surface area contributed by atoms with E-state index in [-0.39, 0.29) is 27.6 Å². The predicted molar refractivity (Wildman–Crippen MR) is 120 cm³/mol. The maximum absolute atomic E-state index is 13.7. The molecule has 0 atom stereocenters. The number of nitrogens with one attached hydrogen (secondary N) is 1. The Hall–Kier alpha value is -4.05. The van der Waals surface area contributed by atoms with Crippen LogP contribution in [0.25, 0.3) is 11.0 Å². The predicted octanol–water partition coefficient (Wildman–Crippen LogP) is 6.41. The molecule has 0 saturated heterocycles. The van der Waals surface area contributed by atoms with Crippen molar-refractivity contribution in [2.75, 3.05) is 11.9 Å². The van der Waals surface area contributed by atoms with Gasteiger partial charge < -0.3 is 19.2 Å². The number of halogens is 5. The highest BCUT2D eigenvalue weighted by Crippen LogP contribution is 2.39. The molecule has 1 amide bonds. The van der Waals surface area contributed by atoms with Crippen molar-refractivity contribution in [3.8, 4) is 17.2 Å². The third-order valence-corrected chi connectivity index (χ3v) is 4.96. The van der Waals surface area contributed by atoms with Crippen LogP contribution in [0.5, 0.6) is 17.2 Å². The van der Waals surface area contributed by atoms with Crippen LogP contribution in [-0.2, 0) is 11.0 Å². The first kappa shape index (κ1) is 24.1. The number of alkyl halides is 3. The average Bonchev–Trinajstić information content (AvgIpc) is 2.81. The Morgan fingerprint density at radius 3 is 2.46 bits per heavy atom. The van der Waals surface area contributed by atoms with Crippen molar-refractivity contribution in [1.82, 2.24) is 0 Å². The van der Waals surface area contributed by atoms with Gasteiger partial charge in [0.15, 0.2) is 6.61 Å². The molecule has 35 heavy (non-hydrogen) atoms. The van der Waals surface area contributed by atoms with E-state index >= 15 is 0 Å². The zero-order chi connectivity index (χ0) is 25.2. The molecule has 3 aromatic carbocycles. The number of para-hydroxylation sites is 2. The summed E-state index contributed by atoms with van der Waals surface area (Å²) in [5.74, 6) is -4.32. The molecule has 0 aliphatic heterocycles. The molecule has 6 nitrogen and oxygen atoms in total. The van der Waals surface area contributed by atoms with Crippen LogP contribution in [0, 0.1) is 5.82 Å². The summed E-state index contributed by atoms with van der Waals surface area (Å²) in [5, 5.41) is 2.08. The number of carbonyl (C=O) groups is 1. The standard InChI is InChI=1S/C24H14ClF4NO5/c25-15-5-1-4-8-18(15)34-22-21(32)14-10-9-13(11-19(14)35-23(22)24(27,28)29)33-12-20(31)30-17-7-3-2-6-16(17)26/h1-11H,12H2,(H,30,31). The van der Waals surface area contributed by atoms with E-state index in [9.17, 15) is 27.2 Å². The van der Waals surface area contributed by atoms with E-state index in [1.807, 2.05) is 0 Å². The van der Waals surface area contributed by atoms with Crippen molar-refractivity contribution in [1.29, 1.82) is 0 Å². The number of carbonyl (C=O) groups excluding carboxylic acids is 1. The molecular formula is C24H14ClF4NO5. The average molecular weight is 508 g/mol. The van der Waals surface area contributed by atoms with Crippen molar-refractivity contribution in [2.24, 2.45) is 0 Å². The number of amides is 1. The van der Waals surface area contributed by atoms with E-state index in [0.717, 1.165) is 12.1 Å². The molecule has 4 rings (SSSR count). The van der Waals surface area contributed by atoms with Gasteiger partial charge in [0, 0.05) is 6.07 Å². The zero-order valence-electron chi connectivity index (χ0n) is 17.5. The molecule has 180 valence electrons. The minimum Gasteiger partial charge on any atom is -0.484 e. The summed E-state index contributed by atoms with van der Waals surface area (Å²) in [4.78, 5) is 24.9. The highest BCUT2D eigenvalue weighted by molar-refractivity contribution is 6.32. The molecule has 0 aliphatic carbocycles. The lowest BCUT2D eigenvalue weighted by Crippen LogP contribution is -2.20. The van der Waals surface area contributed by atoms with E-state index in [1.54, 1.807) is 6.07 Å². The summed E-state index contributed by atoms with van der Waals surface area (Å²) < 4.78 is 70.2. The van der Waals surface area contributed by atoms with Crippen LogP contribution in [0.15, 0.2) is 75.9 Å². The molecule has 0 bridgehead atoms. The summed E-state index contributed by atoms with van der Waals surface area (Å²) in [7, 11) is 0. The van der Waals surface area contributed by atoms with E-state index in [0.29, 0.717) is 0 Å². The van der Waals surface area contributed by atoms with Gasteiger partial charge in [0.25, 0.3) is 11.7 Å². The number of anilines is 1. The monoisotopic (exact) mass is 507 g/mol. The maximum atomic E-state index is 13.7. The number of fused-ring (bicyclic) bond motifs is 1. The minimum atomic E-state index is -5.07. The molecule has 4 aromatic rings. The van der Waals surface area contributed by atoms with E-state index in [1.165, 1.54) is 48.5 Å². The lowest BCUT2D eigenvalue weighted by Gasteiger charge is -2.14. The third kappa shape index (κ3) is 5.38. The lowest BCUT2D eigenvalue weighted by atomic mass is 10.2. The normalized spacial score (nSPS) is 11.3. The van der Waals surface area contributed by atoms with E-state index < -0.39 is 47.0 Å². The molecule has 1 N–H and O–H groups in total. The van der Waals surface area contributed by atoms with Gasteiger partial charge in [-0.1, -0.05) is 35.9 Å². The Kier molecular flexibility index (Phi) is 6.65. The van der Waals surface area contributed by atoms with E-state index in [2.05, 4.69) is 5.32 Å². The molecule has 1 heterocycles. The number of rotatable bonds is 6. The Morgan fingerprint density at radius 1 is 1.03 bits per heavy atom. The second-order valence-corrected chi connectivity index (χ2v) is 7.50. The molecule has 11 heteroatoms. The number of hydrogen-bond acceptors (Lipinski definition) is 5. The van der Waals surface area contributed by atoms with Gasteiger partial charge in [-0.25, -0.2) is 4.39 Å². The van der Waals surface area contributed by atoms with Crippen molar-refractivity contribution in [2.45, 2.75) is 6.18 Å². The minimum absolute atomic E-state index is 0.00229. The Balaban J connectivity index is 1.62.